The molecular weight excluding hydrogens is 288 g/mol. The summed E-state index contributed by atoms with van der Waals surface area (Å²) in [5, 5.41) is 0.192. The molecule has 1 saturated carbocycles. The number of carbonyl (C=O) groups is 1. The lowest BCUT2D eigenvalue weighted by Gasteiger charge is -2.38. The third-order valence-corrected chi connectivity index (χ3v) is 9.78. The molecule has 2 nitrogen and oxygen atoms in total. The third kappa shape index (κ3) is 3.81. The van der Waals surface area contributed by atoms with Crippen LogP contribution in [0.1, 0.15) is 57.9 Å². The van der Waals surface area contributed by atoms with Gasteiger partial charge in [-0.2, -0.15) is 0 Å². The number of para-hydroxylation sites is 1. The minimum atomic E-state index is -1.84. The zero-order valence-electron chi connectivity index (χ0n) is 14.7. The zero-order chi connectivity index (χ0) is 16.4. The van der Waals surface area contributed by atoms with Crippen LogP contribution < -0.4 is 4.43 Å². The van der Waals surface area contributed by atoms with Crippen molar-refractivity contribution in [3.8, 4) is 5.75 Å². The molecule has 1 aliphatic rings. The molecule has 0 radical (unpaired) electrons. The highest BCUT2D eigenvalue weighted by atomic mass is 28.4. The van der Waals surface area contributed by atoms with Gasteiger partial charge < -0.3 is 9.22 Å². The van der Waals surface area contributed by atoms with Gasteiger partial charge >= 0.3 is 0 Å². The lowest BCUT2D eigenvalue weighted by Crippen LogP contribution is -2.44. The molecule has 0 N–H and O–H groups in total. The maximum atomic E-state index is 11.2. The van der Waals surface area contributed by atoms with Crippen LogP contribution in [0.5, 0.6) is 5.75 Å². The molecule has 122 valence electrons. The second-order valence-electron chi connectivity index (χ2n) is 8.16. The fraction of sp³-hybridized carbons (Fsp3) is 0.632. The molecule has 1 fully saturated rings. The zero-order valence-corrected chi connectivity index (χ0v) is 15.7. The van der Waals surface area contributed by atoms with Crippen LogP contribution in [0.3, 0.4) is 0 Å². The first-order valence-electron chi connectivity index (χ1n) is 8.48. The van der Waals surface area contributed by atoms with Gasteiger partial charge in [-0.15, -0.1) is 0 Å². The van der Waals surface area contributed by atoms with Crippen molar-refractivity contribution in [3.63, 3.8) is 0 Å². The summed E-state index contributed by atoms with van der Waals surface area (Å²) in [5.74, 6) is 1.73. The van der Waals surface area contributed by atoms with Crippen molar-refractivity contribution in [3.05, 3.63) is 29.8 Å². The first-order chi connectivity index (χ1) is 10.2. The maximum absolute atomic E-state index is 11.2. The van der Waals surface area contributed by atoms with Crippen LogP contribution in [0.25, 0.3) is 0 Å². The molecule has 0 aliphatic heterocycles. The SMILES string of the molecule is CC(C)(C)[Si](C)(C)Oc1ccccc1[C@H]1CCCC(C=O)C1. The molecule has 1 aliphatic carbocycles. The highest BCUT2D eigenvalue weighted by molar-refractivity contribution is 6.74. The second kappa shape index (κ2) is 6.57. The van der Waals surface area contributed by atoms with Gasteiger partial charge in [0.25, 0.3) is 0 Å². The normalized spacial score (nSPS) is 23.1. The van der Waals surface area contributed by atoms with Gasteiger partial charge in [-0.25, -0.2) is 0 Å². The molecular formula is C19H30O2Si. The molecule has 2 rings (SSSR count). The summed E-state index contributed by atoms with van der Waals surface area (Å²) in [7, 11) is -1.84. The quantitative estimate of drug-likeness (QED) is 0.538. The van der Waals surface area contributed by atoms with Crippen molar-refractivity contribution >= 4 is 14.6 Å². The van der Waals surface area contributed by atoms with E-state index in [1.807, 2.05) is 0 Å². The Morgan fingerprint density at radius 3 is 2.50 bits per heavy atom. The van der Waals surface area contributed by atoms with E-state index in [0.717, 1.165) is 31.3 Å². The number of benzene rings is 1. The predicted molar refractivity (Wildman–Crippen MR) is 95.0 cm³/mol. The largest absolute Gasteiger partial charge is 0.543 e. The van der Waals surface area contributed by atoms with Gasteiger partial charge in [0.15, 0.2) is 0 Å². The number of aldehydes is 1. The number of rotatable bonds is 4. The first kappa shape index (κ1) is 17.3. The van der Waals surface area contributed by atoms with E-state index in [0.29, 0.717) is 5.92 Å². The van der Waals surface area contributed by atoms with Crippen LogP contribution in [-0.2, 0) is 4.79 Å². The van der Waals surface area contributed by atoms with Crippen molar-refractivity contribution < 1.29 is 9.22 Å². The summed E-state index contributed by atoms with van der Waals surface area (Å²) in [6.45, 7) is 11.4. The minimum Gasteiger partial charge on any atom is -0.543 e. The highest BCUT2D eigenvalue weighted by Gasteiger charge is 2.39. The Balaban J connectivity index is 2.25. The van der Waals surface area contributed by atoms with Crippen LogP contribution in [-0.4, -0.2) is 14.6 Å². The average molecular weight is 319 g/mol. The van der Waals surface area contributed by atoms with Crippen molar-refractivity contribution in [1.82, 2.24) is 0 Å². The van der Waals surface area contributed by atoms with E-state index >= 15 is 0 Å². The molecule has 0 saturated heterocycles. The highest BCUT2D eigenvalue weighted by Crippen LogP contribution is 2.43. The van der Waals surface area contributed by atoms with Gasteiger partial charge in [-0.1, -0.05) is 45.4 Å². The lowest BCUT2D eigenvalue weighted by molar-refractivity contribution is -0.112. The Kier molecular flexibility index (Phi) is 5.16. The molecule has 3 heteroatoms. The molecule has 2 atom stereocenters. The van der Waals surface area contributed by atoms with E-state index in [2.05, 4.69) is 58.1 Å². The first-order valence-corrected chi connectivity index (χ1v) is 11.4. The van der Waals surface area contributed by atoms with Crippen molar-refractivity contribution in [1.29, 1.82) is 0 Å². The standard InChI is InChI=1S/C19H30O2Si/c1-19(2,3)22(4,5)21-18-12-7-6-11-17(18)16-10-8-9-15(13-16)14-20/h6-7,11-12,14-16H,8-10,13H2,1-5H3/t15?,16-/m0/s1. The van der Waals surface area contributed by atoms with E-state index in [1.165, 1.54) is 12.0 Å². The fourth-order valence-corrected chi connectivity index (χ4v) is 4.01. The van der Waals surface area contributed by atoms with Crippen LogP contribution in [0.15, 0.2) is 24.3 Å². The van der Waals surface area contributed by atoms with E-state index in [9.17, 15) is 4.79 Å². The maximum Gasteiger partial charge on any atom is 0.250 e. The molecule has 22 heavy (non-hydrogen) atoms. The fourth-order valence-electron chi connectivity index (χ4n) is 2.97. The molecule has 0 spiro atoms. The Bertz CT molecular complexity index is 516. The number of carbonyl (C=O) groups excluding carboxylic acids is 1. The second-order valence-corrected chi connectivity index (χ2v) is 12.9. The van der Waals surface area contributed by atoms with Gasteiger partial charge in [0, 0.05) is 5.92 Å². The van der Waals surface area contributed by atoms with Crippen LogP contribution in [0.2, 0.25) is 18.1 Å². The molecule has 1 aromatic rings. The van der Waals surface area contributed by atoms with Crippen molar-refractivity contribution in [2.24, 2.45) is 5.92 Å². The van der Waals surface area contributed by atoms with E-state index in [1.54, 1.807) is 0 Å². The van der Waals surface area contributed by atoms with E-state index in [4.69, 9.17) is 4.43 Å². The summed E-state index contributed by atoms with van der Waals surface area (Å²) < 4.78 is 6.57. The van der Waals surface area contributed by atoms with Crippen LogP contribution >= 0.6 is 0 Å². The van der Waals surface area contributed by atoms with Crippen LogP contribution in [0, 0.1) is 5.92 Å². The lowest BCUT2D eigenvalue weighted by atomic mass is 9.78. The molecule has 0 amide bonds. The van der Waals surface area contributed by atoms with Gasteiger partial charge in [0.1, 0.15) is 12.0 Å². The van der Waals surface area contributed by atoms with Gasteiger partial charge in [0.05, 0.1) is 0 Å². The van der Waals surface area contributed by atoms with Gasteiger partial charge in [0.2, 0.25) is 8.32 Å². The third-order valence-electron chi connectivity index (χ3n) is 5.44. The average Bonchev–Trinajstić information content (AvgIpc) is 2.46. The van der Waals surface area contributed by atoms with Crippen molar-refractivity contribution in [2.45, 2.75) is 70.5 Å². The van der Waals surface area contributed by atoms with Crippen LogP contribution in [0.4, 0.5) is 0 Å². The summed E-state index contributed by atoms with van der Waals surface area (Å²) in [6.07, 6.45) is 5.47. The van der Waals surface area contributed by atoms with Gasteiger partial charge in [-0.05, 0) is 54.9 Å². The Morgan fingerprint density at radius 2 is 1.86 bits per heavy atom. The molecule has 0 bridgehead atoms. The molecule has 0 heterocycles. The molecule has 1 aromatic carbocycles. The molecule has 0 aromatic heterocycles. The van der Waals surface area contributed by atoms with E-state index in [-0.39, 0.29) is 11.0 Å². The summed E-state index contributed by atoms with van der Waals surface area (Å²) in [6, 6.07) is 8.46. The Labute approximate surface area is 136 Å². The summed E-state index contributed by atoms with van der Waals surface area (Å²) in [4.78, 5) is 11.2. The van der Waals surface area contributed by atoms with Crippen molar-refractivity contribution in [2.75, 3.05) is 0 Å². The number of hydrogen-bond acceptors (Lipinski definition) is 2. The Morgan fingerprint density at radius 1 is 1.18 bits per heavy atom. The monoisotopic (exact) mass is 318 g/mol. The minimum absolute atomic E-state index is 0.192. The molecule has 1 unspecified atom stereocenters. The van der Waals surface area contributed by atoms with E-state index < -0.39 is 8.32 Å². The number of hydrogen-bond donors (Lipinski definition) is 0. The van der Waals surface area contributed by atoms with Gasteiger partial charge in [-0.3, -0.25) is 0 Å². The predicted octanol–water partition coefficient (Wildman–Crippen LogP) is 5.54. The summed E-state index contributed by atoms with van der Waals surface area (Å²) in [5.41, 5.74) is 1.30. The topological polar surface area (TPSA) is 26.3 Å². The summed E-state index contributed by atoms with van der Waals surface area (Å²) >= 11 is 0. The smallest absolute Gasteiger partial charge is 0.250 e. The Hall–Kier alpha value is -1.09.